The molecule has 34 heavy (non-hydrogen) atoms. The summed E-state index contributed by atoms with van der Waals surface area (Å²) in [5.41, 5.74) is 1.50. The van der Waals surface area contributed by atoms with Crippen LogP contribution in [0.1, 0.15) is 51.7 Å². The highest BCUT2D eigenvalue weighted by Gasteiger charge is 2.26. The molecule has 0 saturated carbocycles. The van der Waals surface area contributed by atoms with Gasteiger partial charge in [0, 0.05) is 38.0 Å². The first-order chi connectivity index (χ1) is 15.8. The van der Waals surface area contributed by atoms with Gasteiger partial charge in [-0.05, 0) is 39.2 Å². The van der Waals surface area contributed by atoms with E-state index in [-0.39, 0.29) is 27.1 Å². The van der Waals surface area contributed by atoms with Crippen molar-refractivity contribution in [2.75, 3.05) is 11.5 Å². The van der Waals surface area contributed by atoms with Crippen molar-refractivity contribution in [2.45, 2.75) is 62.5 Å². The van der Waals surface area contributed by atoms with Crippen LogP contribution in [0, 0.1) is 11.8 Å². The third kappa shape index (κ3) is 8.86. The minimum atomic E-state index is -0.451. The summed E-state index contributed by atoms with van der Waals surface area (Å²) in [7, 11) is 0. The summed E-state index contributed by atoms with van der Waals surface area (Å²) in [6, 6.07) is 0. The molecule has 0 spiro atoms. The molecular formula is C24H28Cl4O4S2. The number of halogens is 4. The highest BCUT2D eigenvalue weighted by atomic mass is 35.5. The number of thioether (sulfide) groups is 2. The average Bonchev–Trinajstić information content (AvgIpc) is 2.77. The van der Waals surface area contributed by atoms with Gasteiger partial charge in [-0.1, -0.05) is 73.4 Å². The molecule has 0 aliphatic heterocycles. The third-order valence-electron chi connectivity index (χ3n) is 4.56. The van der Waals surface area contributed by atoms with Crippen LogP contribution < -0.4 is 0 Å². The van der Waals surface area contributed by atoms with Gasteiger partial charge in [0.15, 0.2) is 4.84 Å². The first-order valence-electron chi connectivity index (χ1n) is 10.4. The number of carbonyl (C=O) groups is 2. The van der Waals surface area contributed by atoms with Gasteiger partial charge in [-0.15, -0.1) is 23.5 Å². The minimum absolute atomic E-state index is 0.0575. The van der Waals surface area contributed by atoms with E-state index in [9.17, 15) is 9.59 Å². The van der Waals surface area contributed by atoms with Crippen LogP contribution in [0.25, 0.3) is 0 Å². The molecule has 2 atom stereocenters. The zero-order valence-corrected chi connectivity index (χ0v) is 24.2. The fourth-order valence-corrected chi connectivity index (χ4v) is 6.44. The second-order valence-corrected chi connectivity index (χ2v) is 11.2. The molecule has 188 valence electrons. The van der Waals surface area contributed by atoms with E-state index in [1.165, 1.54) is 23.5 Å². The Bertz CT molecular complexity index is 934. The molecular weight excluding hydrogens is 558 g/mol. The largest absolute Gasteiger partial charge is 0.458 e. The second kappa shape index (κ2) is 14.9. The van der Waals surface area contributed by atoms with Crippen molar-refractivity contribution < 1.29 is 19.1 Å². The smallest absolute Gasteiger partial charge is 0.333 e. The fraction of sp³-hybridized carbons (Fsp3) is 0.417. The molecule has 2 radical (unpaired) electrons. The van der Waals surface area contributed by atoms with Gasteiger partial charge in [-0.2, -0.15) is 0 Å². The minimum Gasteiger partial charge on any atom is -0.458 e. The Morgan fingerprint density at radius 1 is 0.853 bits per heavy atom. The van der Waals surface area contributed by atoms with E-state index in [1.807, 2.05) is 13.8 Å². The molecule has 0 saturated heterocycles. The SMILES string of the molecule is [CH2]c1c(SCC(CC)OC(=O)C(=C)C)c(SCC(CC)OC(=O)C(=C)C)c(Cl)c(Cl)c1[C](Cl)Cl. The number of esters is 2. The maximum Gasteiger partial charge on any atom is 0.333 e. The van der Waals surface area contributed by atoms with E-state index in [2.05, 4.69) is 20.1 Å². The number of hydrogen-bond acceptors (Lipinski definition) is 6. The monoisotopic (exact) mass is 584 g/mol. The lowest BCUT2D eigenvalue weighted by molar-refractivity contribution is -0.144. The molecule has 1 rings (SSSR count). The van der Waals surface area contributed by atoms with Gasteiger partial charge in [0.2, 0.25) is 0 Å². The van der Waals surface area contributed by atoms with Crippen LogP contribution in [0.3, 0.4) is 0 Å². The van der Waals surface area contributed by atoms with Gasteiger partial charge in [0.25, 0.3) is 0 Å². The topological polar surface area (TPSA) is 52.6 Å². The first-order valence-corrected chi connectivity index (χ1v) is 13.9. The lowest BCUT2D eigenvalue weighted by atomic mass is 10.1. The van der Waals surface area contributed by atoms with Crippen molar-refractivity contribution >= 4 is 81.9 Å². The Morgan fingerprint density at radius 3 is 1.62 bits per heavy atom. The van der Waals surface area contributed by atoms with Gasteiger partial charge in [-0.3, -0.25) is 0 Å². The van der Waals surface area contributed by atoms with Crippen molar-refractivity contribution in [1.29, 1.82) is 0 Å². The predicted octanol–water partition coefficient (Wildman–Crippen LogP) is 8.47. The van der Waals surface area contributed by atoms with E-state index < -0.39 is 11.9 Å². The van der Waals surface area contributed by atoms with Crippen LogP contribution in [-0.2, 0) is 19.1 Å². The molecule has 0 aliphatic carbocycles. The zero-order valence-electron chi connectivity index (χ0n) is 19.6. The van der Waals surface area contributed by atoms with E-state index in [4.69, 9.17) is 55.9 Å². The van der Waals surface area contributed by atoms with Gasteiger partial charge in [0.1, 0.15) is 12.2 Å². The average molecular weight is 586 g/mol. The van der Waals surface area contributed by atoms with Crippen LogP contribution in [0.4, 0.5) is 0 Å². The molecule has 2 unspecified atom stereocenters. The Hall–Kier alpha value is -0.500. The summed E-state index contributed by atoms with van der Waals surface area (Å²) in [5, 5.41) is 0.453. The number of rotatable bonds is 13. The molecule has 1 aromatic carbocycles. The van der Waals surface area contributed by atoms with Crippen molar-refractivity contribution in [3.8, 4) is 0 Å². The Morgan fingerprint density at radius 2 is 1.26 bits per heavy atom. The van der Waals surface area contributed by atoms with Crippen LogP contribution in [-0.4, -0.2) is 35.7 Å². The molecule has 0 amide bonds. The Balaban J connectivity index is 3.29. The predicted molar refractivity (Wildman–Crippen MR) is 146 cm³/mol. The standard InChI is InChI=1S/C24H28Cl4O4S2/c1-8-15(31-23(29)12(3)4)10-33-20-14(7)17(22(27)28)18(25)19(26)21(20)34-11-16(9-2)32-24(30)13(5)6/h15-16H,3,5,7-11H2,1-2,4,6H3. The summed E-state index contributed by atoms with van der Waals surface area (Å²) in [6.07, 6.45) is 0.481. The highest BCUT2D eigenvalue weighted by Crippen LogP contribution is 2.48. The Kier molecular flexibility index (Phi) is 13.8. The fourth-order valence-electron chi connectivity index (χ4n) is 2.50. The van der Waals surface area contributed by atoms with Gasteiger partial charge in [0.05, 0.1) is 10.0 Å². The summed E-state index contributed by atoms with van der Waals surface area (Å²) >= 11 is 28.1. The van der Waals surface area contributed by atoms with E-state index in [1.54, 1.807) is 13.8 Å². The number of carbonyl (C=O) groups excluding carboxylic acids is 2. The van der Waals surface area contributed by atoms with Gasteiger partial charge >= 0.3 is 11.9 Å². The molecule has 10 heteroatoms. The number of hydrogen-bond donors (Lipinski definition) is 0. The number of benzene rings is 1. The van der Waals surface area contributed by atoms with E-state index in [0.717, 1.165) is 0 Å². The maximum absolute atomic E-state index is 12.0. The molecule has 0 heterocycles. The highest BCUT2D eigenvalue weighted by molar-refractivity contribution is 8.02. The molecule has 0 aromatic heterocycles. The summed E-state index contributed by atoms with van der Waals surface area (Å²) in [5.74, 6) is -0.0370. The third-order valence-corrected chi connectivity index (χ3v) is 8.55. The van der Waals surface area contributed by atoms with Gasteiger partial charge < -0.3 is 9.47 Å². The van der Waals surface area contributed by atoms with Crippen molar-refractivity contribution in [2.24, 2.45) is 0 Å². The van der Waals surface area contributed by atoms with Gasteiger partial charge in [-0.25, -0.2) is 9.59 Å². The van der Waals surface area contributed by atoms with Crippen LogP contribution >= 0.6 is 69.9 Å². The van der Waals surface area contributed by atoms with Crippen molar-refractivity contribution in [3.05, 3.63) is 57.2 Å². The molecule has 4 nitrogen and oxygen atoms in total. The lowest BCUT2D eigenvalue weighted by Crippen LogP contribution is -2.21. The molecule has 0 aliphatic rings. The van der Waals surface area contributed by atoms with Crippen LogP contribution in [0.5, 0.6) is 0 Å². The van der Waals surface area contributed by atoms with E-state index in [0.29, 0.717) is 56.4 Å². The lowest BCUT2D eigenvalue weighted by Gasteiger charge is -2.23. The molecule has 0 N–H and O–H groups in total. The summed E-state index contributed by atoms with van der Waals surface area (Å²) in [6.45, 7) is 18.4. The Labute approximate surface area is 231 Å². The summed E-state index contributed by atoms with van der Waals surface area (Å²) in [4.78, 5) is 25.2. The second-order valence-electron chi connectivity index (χ2n) is 7.45. The number of ether oxygens (including phenoxy) is 2. The molecule has 0 bridgehead atoms. The molecule has 1 aromatic rings. The molecule has 0 fully saturated rings. The summed E-state index contributed by atoms with van der Waals surface area (Å²) < 4.78 is 11.0. The van der Waals surface area contributed by atoms with Crippen LogP contribution in [0.15, 0.2) is 34.1 Å². The quantitative estimate of drug-likeness (QED) is 0.131. The van der Waals surface area contributed by atoms with Crippen LogP contribution in [0.2, 0.25) is 10.0 Å². The van der Waals surface area contributed by atoms with Crippen molar-refractivity contribution in [3.63, 3.8) is 0 Å². The van der Waals surface area contributed by atoms with E-state index >= 15 is 0 Å². The normalized spacial score (nSPS) is 12.9. The first kappa shape index (κ1) is 31.5. The zero-order chi connectivity index (χ0) is 26.2. The van der Waals surface area contributed by atoms with Crippen molar-refractivity contribution in [1.82, 2.24) is 0 Å². The maximum atomic E-state index is 12.0.